The highest BCUT2D eigenvalue weighted by molar-refractivity contribution is 5.81. The molecule has 0 spiro atoms. The highest BCUT2D eigenvalue weighted by Gasteiger charge is 2.18. The third kappa shape index (κ3) is 3.28. The Kier molecular flexibility index (Phi) is 4.92. The number of pyridine rings is 2. The van der Waals surface area contributed by atoms with Crippen LogP contribution in [0.25, 0.3) is 11.0 Å². The van der Waals surface area contributed by atoms with E-state index in [2.05, 4.69) is 15.1 Å². The van der Waals surface area contributed by atoms with Crippen LogP contribution in [-0.4, -0.2) is 39.4 Å². The highest BCUT2D eigenvalue weighted by atomic mass is 16.5. The summed E-state index contributed by atoms with van der Waals surface area (Å²) in [4.78, 5) is 2.30. The van der Waals surface area contributed by atoms with Crippen molar-refractivity contribution in [1.82, 2.24) is 19.2 Å². The van der Waals surface area contributed by atoms with Crippen molar-refractivity contribution in [3.8, 4) is 5.88 Å². The molecule has 28 heavy (non-hydrogen) atoms. The fourth-order valence-corrected chi connectivity index (χ4v) is 3.49. The first kappa shape index (κ1) is 18.0. The summed E-state index contributed by atoms with van der Waals surface area (Å²) in [6.07, 6.45) is 7.58. The first-order valence-electron chi connectivity index (χ1n) is 9.43. The molecule has 8 nitrogen and oxygen atoms in total. The number of nitrogens with two attached hydrogens (primary N) is 2. The number of anilines is 3. The van der Waals surface area contributed by atoms with E-state index in [0.717, 1.165) is 35.6 Å². The molecule has 0 bridgehead atoms. The number of methoxy groups -OCH3 is 1. The van der Waals surface area contributed by atoms with Gasteiger partial charge < -0.3 is 21.1 Å². The molecule has 1 fully saturated rings. The van der Waals surface area contributed by atoms with Crippen LogP contribution in [0.2, 0.25) is 0 Å². The van der Waals surface area contributed by atoms with Gasteiger partial charge in [-0.05, 0) is 43.5 Å². The zero-order chi connectivity index (χ0) is 19.5. The maximum atomic E-state index is 6.14. The van der Waals surface area contributed by atoms with Crippen LogP contribution < -0.4 is 21.1 Å². The van der Waals surface area contributed by atoms with Crippen LogP contribution in [0.3, 0.4) is 0 Å². The minimum absolute atomic E-state index is 0.473. The Hall–Kier alpha value is -3.42. The number of hydrogen-bond donors (Lipinski definition) is 2. The van der Waals surface area contributed by atoms with E-state index in [-0.39, 0.29) is 0 Å². The summed E-state index contributed by atoms with van der Waals surface area (Å²) in [6, 6.07) is 11.7. The Morgan fingerprint density at radius 1 is 0.821 bits per heavy atom. The van der Waals surface area contributed by atoms with Crippen LogP contribution in [0.15, 0.2) is 48.8 Å². The van der Waals surface area contributed by atoms with Gasteiger partial charge in [-0.1, -0.05) is 12.1 Å². The monoisotopic (exact) mass is 379 g/mol. The van der Waals surface area contributed by atoms with Crippen LogP contribution in [0, 0.1) is 0 Å². The third-order valence-corrected chi connectivity index (χ3v) is 4.95. The molecule has 0 saturated carbocycles. The Balaban J connectivity index is 0.000000143. The molecular formula is C20H25N7O. The normalized spacial score (nSPS) is 14.1. The lowest BCUT2D eigenvalue weighted by molar-refractivity contribution is 0.397. The summed E-state index contributed by atoms with van der Waals surface area (Å²) in [5, 5.41) is 8.65. The lowest BCUT2D eigenvalue weighted by atomic mass is 10.1. The van der Waals surface area contributed by atoms with Crippen molar-refractivity contribution in [3.05, 3.63) is 48.8 Å². The summed E-state index contributed by atoms with van der Waals surface area (Å²) >= 11 is 0. The van der Waals surface area contributed by atoms with Gasteiger partial charge in [0.2, 0.25) is 0 Å². The van der Waals surface area contributed by atoms with Gasteiger partial charge in [0.25, 0.3) is 5.88 Å². The molecule has 4 aromatic rings. The molecular weight excluding hydrogens is 354 g/mol. The number of nitrogen functional groups attached to an aromatic ring is 2. The summed E-state index contributed by atoms with van der Waals surface area (Å²) in [5.74, 6) is 1.42. The summed E-state index contributed by atoms with van der Waals surface area (Å²) in [5.41, 5.74) is 15.1. The zero-order valence-corrected chi connectivity index (χ0v) is 16.0. The largest absolute Gasteiger partial charge is 0.478 e. The molecule has 0 unspecified atom stereocenters. The van der Waals surface area contributed by atoms with Crippen LogP contribution in [0.5, 0.6) is 5.88 Å². The van der Waals surface area contributed by atoms with Gasteiger partial charge in [-0.15, -0.1) is 10.2 Å². The standard InChI is InChI=1S/C12H16N4.C8H9N3O/c13-11-10-6-2-5-9-16(10)14-12(11)15-7-3-1-4-8-15;1-12-8-7(9)6-4-2-3-5-11(6)10-8/h2,5-6,9H,1,3-4,7-8,13H2;2-5H,9H2,1H3. The van der Waals surface area contributed by atoms with Crippen LogP contribution in [-0.2, 0) is 0 Å². The number of aromatic nitrogens is 4. The highest BCUT2D eigenvalue weighted by Crippen LogP contribution is 2.28. The van der Waals surface area contributed by atoms with Crippen molar-refractivity contribution in [2.75, 3.05) is 36.6 Å². The minimum Gasteiger partial charge on any atom is -0.478 e. The van der Waals surface area contributed by atoms with Crippen molar-refractivity contribution >= 4 is 28.2 Å². The van der Waals surface area contributed by atoms with Crippen molar-refractivity contribution in [2.45, 2.75) is 19.3 Å². The zero-order valence-electron chi connectivity index (χ0n) is 16.0. The van der Waals surface area contributed by atoms with Crippen molar-refractivity contribution in [3.63, 3.8) is 0 Å². The third-order valence-electron chi connectivity index (χ3n) is 4.95. The second kappa shape index (κ2) is 7.67. The smallest absolute Gasteiger partial charge is 0.257 e. The quantitative estimate of drug-likeness (QED) is 0.556. The molecule has 4 N–H and O–H groups in total. The van der Waals surface area contributed by atoms with Gasteiger partial charge in [0, 0.05) is 25.5 Å². The van der Waals surface area contributed by atoms with Gasteiger partial charge in [0.15, 0.2) is 5.82 Å². The molecule has 0 atom stereocenters. The Morgan fingerprint density at radius 3 is 2.00 bits per heavy atom. The molecule has 0 aromatic carbocycles. The van der Waals surface area contributed by atoms with Gasteiger partial charge >= 0.3 is 0 Å². The van der Waals surface area contributed by atoms with E-state index in [9.17, 15) is 0 Å². The number of hydrogen-bond acceptors (Lipinski definition) is 6. The fourth-order valence-electron chi connectivity index (χ4n) is 3.49. The molecule has 1 aliphatic heterocycles. The molecule has 8 heteroatoms. The molecule has 1 aliphatic rings. The Labute approximate surface area is 163 Å². The summed E-state index contributed by atoms with van der Waals surface area (Å²) in [7, 11) is 1.55. The average molecular weight is 379 g/mol. The summed E-state index contributed by atoms with van der Waals surface area (Å²) < 4.78 is 8.52. The van der Waals surface area contributed by atoms with E-state index in [1.165, 1.54) is 19.3 Å². The summed E-state index contributed by atoms with van der Waals surface area (Å²) in [6.45, 7) is 2.15. The van der Waals surface area contributed by atoms with Crippen LogP contribution in [0.4, 0.5) is 17.2 Å². The van der Waals surface area contributed by atoms with Gasteiger partial charge in [0.1, 0.15) is 11.4 Å². The Morgan fingerprint density at radius 2 is 1.43 bits per heavy atom. The molecule has 5 rings (SSSR count). The molecule has 146 valence electrons. The van der Waals surface area contributed by atoms with Gasteiger partial charge in [-0.3, -0.25) is 0 Å². The first-order chi connectivity index (χ1) is 13.7. The molecule has 5 heterocycles. The fraction of sp³-hybridized carbons (Fsp3) is 0.300. The predicted octanol–water partition coefficient (Wildman–Crippen LogP) is 2.83. The molecule has 1 saturated heterocycles. The SMILES string of the molecule is COc1nn2ccccc2c1N.Nc1c(N2CCCCC2)nn2ccccc12. The molecule has 4 aromatic heterocycles. The second-order valence-corrected chi connectivity index (χ2v) is 6.77. The van der Waals surface area contributed by atoms with Crippen molar-refractivity contribution in [2.24, 2.45) is 0 Å². The van der Waals surface area contributed by atoms with Crippen LogP contribution >= 0.6 is 0 Å². The second-order valence-electron chi connectivity index (χ2n) is 6.77. The minimum atomic E-state index is 0.473. The average Bonchev–Trinajstić information content (AvgIpc) is 3.27. The number of rotatable bonds is 2. The van der Waals surface area contributed by atoms with E-state index in [1.807, 2.05) is 53.3 Å². The van der Waals surface area contributed by atoms with Crippen molar-refractivity contribution < 1.29 is 4.74 Å². The van der Waals surface area contributed by atoms with Gasteiger partial charge in [-0.25, -0.2) is 9.03 Å². The molecule has 0 aliphatic carbocycles. The predicted molar refractivity (Wildman–Crippen MR) is 112 cm³/mol. The Bertz CT molecular complexity index is 1080. The topological polar surface area (TPSA) is 99.1 Å². The van der Waals surface area contributed by atoms with Crippen molar-refractivity contribution in [1.29, 1.82) is 0 Å². The number of ether oxygens (including phenoxy) is 1. The number of fused-ring (bicyclic) bond motifs is 2. The maximum Gasteiger partial charge on any atom is 0.257 e. The van der Waals surface area contributed by atoms with Gasteiger partial charge in [0.05, 0.1) is 18.1 Å². The maximum absolute atomic E-state index is 6.14. The number of nitrogens with zero attached hydrogens (tertiary/aromatic N) is 5. The first-order valence-corrected chi connectivity index (χ1v) is 9.43. The number of piperidine rings is 1. The van der Waals surface area contributed by atoms with E-state index in [0.29, 0.717) is 11.6 Å². The lowest BCUT2D eigenvalue weighted by Gasteiger charge is -2.26. The lowest BCUT2D eigenvalue weighted by Crippen LogP contribution is -2.30. The van der Waals surface area contributed by atoms with E-state index >= 15 is 0 Å². The molecule has 0 amide bonds. The van der Waals surface area contributed by atoms with E-state index in [1.54, 1.807) is 11.6 Å². The molecule has 0 radical (unpaired) electrons. The van der Waals surface area contributed by atoms with E-state index in [4.69, 9.17) is 16.2 Å². The van der Waals surface area contributed by atoms with Gasteiger partial charge in [-0.2, -0.15) is 0 Å². The van der Waals surface area contributed by atoms with E-state index < -0.39 is 0 Å². The van der Waals surface area contributed by atoms with Crippen LogP contribution in [0.1, 0.15) is 19.3 Å².